The quantitative estimate of drug-likeness (QED) is 0.742. The van der Waals surface area contributed by atoms with Gasteiger partial charge in [-0.3, -0.25) is 10.1 Å². The van der Waals surface area contributed by atoms with Gasteiger partial charge in [0.05, 0.1) is 0 Å². The van der Waals surface area contributed by atoms with Gasteiger partial charge in [-0.2, -0.15) is 0 Å². The monoisotopic (exact) mass is 298 g/mol. The molecule has 3 N–H and O–H groups in total. The van der Waals surface area contributed by atoms with E-state index in [9.17, 15) is 4.79 Å². The average molecular weight is 298 g/mol. The number of aryl methyl sites for hydroxylation is 1. The van der Waals surface area contributed by atoms with E-state index in [4.69, 9.17) is 5.73 Å². The Morgan fingerprint density at radius 1 is 1.47 bits per heavy atom. The Bertz CT molecular complexity index is 484. The molecule has 0 radical (unpaired) electrons. The van der Waals surface area contributed by atoms with Crippen molar-refractivity contribution in [3.63, 3.8) is 0 Å². The molecule has 0 aliphatic heterocycles. The number of hydrogen-bond acceptors (Lipinski definition) is 6. The molecule has 0 bridgehead atoms. The SMILES string of the molecule is Cc1nnc(SCC(NC2CC2)(C(N)=O)C2CC2)s1. The van der Waals surface area contributed by atoms with Crippen LogP contribution in [-0.2, 0) is 4.79 Å². The van der Waals surface area contributed by atoms with E-state index in [0.29, 0.717) is 17.7 Å². The number of thioether (sulfide) groups is 1. The summed E-state index contributed by atoms with van der Waals surface area (Å²) in [5.41, 5.74) is 5.16. The lowest BCUT2D eigenvalue weighted by Crippen LogP contribution is -2.60. The molecule has 5 nitrogen and oxygen atoms in total. The summed E-state index contributed by atoms with van der Waals surface area (Å²) in [6.07, 6.45) is 4.51. The summed E-state index contributed by atoms with van der Waals surface area (Å²) >= 11 is 3.16. The largest absolute Gasteiger partial charge is 0.368 e. The van der Waals surface area contributed by atoms with Gasteiger partial charge in [0, 0.05) is 11.8 Å². The number of hydrogen-bond donors (Lipinski definition) is 2. The number of amides is 1. The minimum absolute atomic E-state index is 0.212. The third-order valence-electron chi connectivity index (χ3n) is 3.68. The lowest BCUT2D eigenvalue weighted by Gasteiger charge is -2.31. The minimum Gasteiger partial charge on any atom is -0.368 e. The van der Waals surface area contributed by atoms with E-state index in [1.165, 1.54) is 0 Å². The van der Waals surface area contributed by atoms with Crippen LogP contribution in [0.5, 0.6) is 0 Å². The minimum atomic E-state index is -0.550. The fourth-order valence-corrected chi connectivity index (χ4v) is 4.40. The number of nitrogens with zero attached hydrogens (tertiary/aromatic N) is 2. The summed E-state index contributed by atoms with van der Waals surface area (Å²) in [5.74, 6) is 0.848. The molecule has 1 unspecified atom stereocenters. The maximum absolute atomic E-state index is 12.0. The van der Waals surface area contributed by atoms with Crippen LogP contribution in [0, 0.1) is 12.8 Å². The molecule has 0 aromatic carbocycles. The lowest BCUT2D eigenvalue weighted by atomic mass is 9.94. The Kier molecular flexibility index (Phi) is 3.53. The molecule has 2 fully saturated rings. The van der Waals surface area contributed by atoms with E-state index in [1.54, 1.807) is 23.1 Å². The summed E-state index contributed by atoms with van der Waals surface area (Å²) in [6.45, 7) is 1.94. The predicted molar refractivity (Wildman–Crippen MR) is 76.2 cm³/mol. The molecule has 0 saturated heterocycles. The van der Waals surface area contributed by atoms with Crippen molar-refractivity contribution in [3.05, 3.63) is 5.01 Å². The molecule has 2 aliphatic rings. The number of rotatable bonds is 7. The van der Waals surface area contributed by atoms with Crippen molar-refractivity contribution in [2.45, 2.75) is 48.5 Å². The van der Waals surface area contributed by atoms with Crippen molar-refractivity contribution < 1.29 is 4.79 Å². The average Bonchev–Trinajstić information content (AvgIpc) is 3.25. The summed E-state index contributed by atoms with van der Waals surface area (Å²) in [5, 5.41) is 12.6. The molecule has 2 saturated carbocycles. The Morgan fingerprint density at radius 2 is 2.21 bits per heavy atom. The van der Waals surface area contributed by atoms with Gasteiger partial charge in [-0.05, 0) is 38.5 Å². The molecule has 3 rings (SSSR count). The topological polar surface area (TPSA) is 80.9 Å². The lowest BCUT2D eigenvalue weighted by molar-refractivity contribution is -0.124. The number of aromatic nitrogens is 2. The Morgan fingerprint density at radius 3 is 2.68 bits per heavy atom. The standard InChI is InChI=1S/C12H18N4OS2/c1-7-15-16-11(19-7)18-6-12(10(13)17,8-2-3-8)14-9-4-5-9/h8-9,14H,2-6H2,1H3,(H2,13,17). The van der Waals surface area contributed by atoms with Gasteiger partial charge in [0.15, 0.2) is 4.34 Å². The van der Waals surface area contributed by atoms with E-state index in [-0.39, 0.29) is 5.91 Å². The van der Waals surface area contributed by atoms with Crippen molar-refractivity contribution >= 4 is 29.0 Å². The third-order valence-corrected chi connectivity index (χ3v) is 5.85. The van der Waals surface area contributed by atoms with Crippen LogP contribution in [0.4, 0.5) is 0 Å². The van der Waals surface area contributed by atoms with Crippen LogP contribution in [0.15, 0.2) is 4.34 Å². The van der Waals surface area contributed by atoms with E-state index < -0.39 is 5.54 Å². The van der Waals surface area contributed by atoms with Crippen LogP contribution in [-0.4, -0.2) is 33.4 Å². The first-order chi connectivity index (χ1) is 9.10. The number of nitrogens with one attached hydrogen (secondary N) is 1. The maximum Gasteiger partial charge on any atom is 0.238 e. The van der Waals surface area contributed by atoms with Crippen molar-refractivity contribution in [2.75, 3.05) is 5.75 Å². The van der Waals surface area contributed by atoms with Gasteiger partial charge in [-0.15, -0.1) is 10.2 Å². The van der Waals surface area contributed by atoms with Crippen LogP contribution in [0.2, 0.25) is 0 Å². The molecular formula is C12H18N4OS2. The predicted octanol–water partition coefficient (Wildman–Crippen LogP) is 1.32. The van der Waals surface area contributed by atoms with Gasteiger partial charge in [-0.25, -0.2) is 0 Å². The second kappa shape index (κ2) is 5.03. The fraction of sp³-hybridized carbons (Fsp3) is 0.750. The molecule has 2 aliphatic carbocycles. The zero-order valence-electron chi connectivity index (χ0n) is 10.9. The van der Waals surface area contributed by atoms with Gasteiger partial charge in [0.2, 0.25) is 5.91 Å². The van der Waals surface area contributed by atoms with Gasteiger partial charge in [0.1, 0.15) is 10.5 Å². The van der Waals surface area contributed by atoms with Gasteiger partial charge >= 0.3 is 0 Å². The molecule has 1 atom stereocenters. The molecule has 0 spiro atoms. The van der Waals surface area contributed by atoms with Crippen LogP contribution in [0.1, 0.15) is 30.7 Å². The van der Waals surface area contributed by atoms with E-state index in [1.807, 2.05) is 6.92 Å². The van der Waals surface area contributed by atoms with Crippen LogP contribution in [0.25, 0.3) is 0 Å². The molecule has 1 amide bonds. The van der Waals surface area contributed by atoms with Crippen LogP contribution in [0.3, 0.4) is 0 Å². The summed E-state index contributed by atoms with van der Waals surface area (Å²) in [6, 6.07) is 0.477. The van der Waals surface area contributed by atoms with Gasteiger partial charge < -0.3 is 5.73 Å². The molecule has 1 aromatic rings. The first kappa shape index (κ1) is 13.3. The highest BCUT2D eigenvalue weighted by atomic mass is 32.2. The van der Waals surface area contributed by atoms with Crippen molar-refractivity contribution in [3.8, 4) is 0 Å². The molecule has 1 heterocycles. The maximum atomic E-state index is 12.0. The van der Waals surface area contributed by atoms with E-state index in [2.05, 4.69) is 15.5 Å². The number of carbonyl (C=O) groups is 1. The first-order valence-corrected chi connectivity index (χ1v) is 8.41. The van der Waals surface area contributed by atoms with E-state index in [0.717, 1.165) is 35.0 Å². The van der Waals surface area contributed by atoms with Crippen LogP contribution >= 0.6 is 23.1 Å². The highest BCUT2D eigenvalue weighted by Gasteiger charge is 2.51. The molecule has 1 aromatic heterocycles. The van der Waals surface area contributed by atoms with E-state index >= 15 is 0 Å². The van der Waals surface area contributed by atoms with Gasteiger partial charge in [0.25, 0.3) is 0 Å². The van der Waals surface area contributed by atoms with Crippen molar-refractivity contribution in [1.29, 1.82) is 0 Å². The Balaban J connectivity index is 1.72. The Labute approximate surface area is 120 Å². The highest BCUT2D eigenvalue weighted by Crippen LogP contribution is 2.44. The molecule has 7 heteroatoms. The summed E-state index contributed by atoms with van der Waals surface area (Å²) in [7, 11) is 0. The zero-order valence-corrected chi connectivity index (χ0v) is 12.5. The van der Waals surface area contributed by atoms with Crippen molar-refractivity contribution in [2.24, 2.45) is 11.7 Å². The summed E-state index contributed by atoms with van der Waals surface area (Å²) < 4.78 is 0.918. The highest BCUT2D eigenvalue weighted by molar-refractivity contribution is 8.01. The third kappa shape index (κ3) is 2.93. The first-order valence-electron chi connectivity index (χ1n) is 6.60. The molecule has 104 valence electrons. The smallest absolute Gasteiger partial charge is 0.238 e. The fourth-order valence-electron chi connectivity index (χ4n) is 2.30. The normalized spacial score (nSPS) is 22.2. The molecule has 19 heavy (non-hydrogen) atoms. The second-order valence-corrected chi connectivity index (χ2v) is 7.81. The second-order valence-electron chi connectivity index (χ2n) is 5.40. The zero-order chi connectivity index (χ0) is 13.5. The van der Waals surface area contributed by atoms with Crippen molar-refractivity contribution in [1.82, 2.24) is 15.5 Å². The number of carbonyl (C=O) groups excluding carboxylic acids is 1. The van der Waals surface area contributed by atoms with Gasteiger partial charge in [-0.1, -0.05) is 23.1 Å². The summed E-state index contributed by atoms with van der Waals surface area (Å²) in [4.78, 5) is 12.0. The number of primary amides is 1. The number of nitrogens with two attached hydrogens (primary N) is 1. The Hall–Kier alpha value is -0.660. The molecular weight excluding hydrogens is 280 g/mol. The van der Waals surface area contributed by atoms with Crippen LogP contribution < -0.4 is 11.1 Å².